The molecule has 1 N–H and O–H groups in total. The largest absolute Gasteiger partial charge is 0.354 e. The maximum absolute atomic E-state index is 9.28. The van der Waals surface area contributed by atoms with Gasteiger partial charge in [-0.1, -0.05) is 103 Å². The fourth-order valence-electron chi connectivity index (χ4n) is 4.22. The Hall–Kier alpha value is -4.35. The van der Waals surface area contributed by atoms with E-state index in [0.717, 1.165) is 34.5 Å². The van der Waals surface area contributed by atoms with E-state index in [1.807, 2.05) is 24.3 Å². The second-order valence-electron chi connectivity index (χ2n) is 7.81. The van der Waals surface area contributed by atoms with Gasteiger partial charge in [-0.25, -0.2) is 0 Å². The molecule has 0 radical (unpaired) electrons. The fourth-order valence-corrected chi connectivity index (χ4v) is 4.22. The SMILES string of the molecule is N#Cc1ccc(-c2c(-c3ccccc3)[nH]c(-c3ccccc3)c2Cc2ccccc2)cc1. The standard InChI is InChI=1S/C30H22N2/c31-21-23-16-18-24(19-17-23)28-27(20-22-10-4-1-5-11-22)29(25-12-6-2-7-13-25)32-30(28)26-14-8-3-9-15-26/h1-19,32H,20H2. The van der Waals surface area contributed by atoms with Gasteiger partial charge in [0.15, 0.2) is 0 Å². The highest BCUT2D eigenvalue weighted by Gasteiger charge is 2.21. The summed E-state index contributed by atoms with van der Waals surface area (Å²) in [5.41, 5.74) is 10.0. The van der Waals surface area contributed by atoms with Crippen LogP contribution < -0.4 is 0 Å². The molecule has 0 saturated carbocycles. The smallest absolute Gasteiger partial charge is 0.0991 e. The summed E-state index contributed by atoms with van der Waals surface area (Å²) in [6.45, 7) is 0. The molecule has 1 aromatic heterocycles. The van der Waals surface area contributed by atoms with Crippen molar-refractivity contribution in [3.8, 4) is 39.7 Å². The van der Waals surface area contributed by atoms with Crippen LogP contribution in [0.4, 0.5) is 0 Å². The number of benzene rings is 4. The third-order valence-corrected chi connectivity index (χ3v) is 5.75. The van der Waals surface area contributed by atoms with E-state index >= 15 is 0 Å². The molecule has 0 saturated heterocycles. The third-order valence-electron chi connectivity index (χ3n) is 5.75. The predicted molar refractivity (Wildman–Crippen MR) is 131 cm³/mol. The number of hydrogen-bond acceptors (Lipinski definition) is 1. The van der Waals surface area contributed by atoms with Crippen molar-refractivity contribution in [2.45, 2.75) is 6.42 Å². The van der Waals surface area contributed by atoms with E-state index in [-0.39, 0.29) is 0 Å². The zero-order valence-corrected chi connectivity index (χ0v) is 17.6. The number of rotatable bonds is 5. The predicted octanol–water partition coefficient (Wildman–Crippen LogP) is 7.48. The zero-order valence-electron chi connectivity index (χ0n) is 17.6. The number of hydrogen-bond donors (Lipinski definition) is 1. The van der Waals surface area contributed by atoms with Crippen molar-refractivity contribution >= 4 is 0 Å². The van der Waals surface area contributed by atoms with Crippen molar-refractivity contribution in [1.29, 1.82) is 5.26 Å². The van der Waals surface area contributed by atoms with Crippen molar-refractivity contribution in [2.24, 2.45) is 0 Å². The van der Waals surface area contributed by atoms with E-state index in [9.17, 15) is 5.26 Å². The van der Waals surface area contributed by atoms with Crippen molar-refractivity contribution in [3.05, 3.63) is 132 Å². The number of aromatic amines is 1. The summed E-state index contributed by atoms with van der Waals surface area (Å²) in [4.78, 5) is 3.77. The third kappa shape index (κ3) is 3.85. The first-order chi connectivity index (χ1) is 15.8. The number of nitrogens with zero attached hydrogens (tertiary/aromatic N) is 1. The van der Waals surface area contributed by atoms with Crippen molar-refractivity contribution < 1.29 is 0 Å². The Kier molecular flexibility index (Phi) is 5.39. The molecule has 152 valence electrons. The molecule has 0 aliphatic heterocycles. The highest BCUT2D eigenvalue weighted by molar-refractivity contribution is 5.90. The van der Waals surface area contributed by atoms with Crippen LogP contribution in [-0.4, -0.2) is 4.98 Å². The van der Waals surface area contributed by atoms with E-state index in [1.54, 1.807) is 0 Å². The van der Waals surface area contributed by atoms with Crippen LogP contribution in [0.1, 0.15) is 16.7 Å². The molecule has 0 fully saturated rings. The van der Waals surface area contributed by atoms with Gasteiger partial charge in [0.2, 0.25) is 0 Å². The molecule has 5 aromatic rings. The summed E-state index contributed by atoms with van der Waals surface area (Å²) >= 11 is 0. The van der Waals surface area contributed by atoms with E-state index < -0.39 is 0 Å². The van der Waals surface area contributed by atoms with Crippen LogP contribution in [0, 0.1) is 11.3 Å². The first kappa shape index (κ1) is 19.6. The van der Waals surface area contributed by atoms with Gasteiger partial charge in [-0.3, -0.25) is 0 Å². The molecule has 32 heavy (non-hydrogen) atoms. The Morgan fingerprint density at radius 2 is 1.09 bits per heavy atom. The highest BCUT2D eigenvalue weighted by Crippen LogP contribution is 2.41. The van der Waals surface area contributed by atoms with E-state index in [0.29, 0.717) is 5.56 Å². The fraction of sp³-hybridized carbons (Fsp3) is 0.0333. The number of nitrogens with one attached hydrogen (secondary N) is 1. The molecule has 0 aliphatic rings. The molecular weight excluding hydrogens is 388 g/mol. The lowest BCUT2D eigenvalue weighted by atomic mass is 9.91. The van der Waals surface area contributed by atoms with Crippen molar-refractivity contribution in [1.82, 2.24) is 4.98 Å². The first-order valence-corrected chi connectivity index (χ1v) is 10.7. The number of nitriles is 1. The zero-order chi connectivity index (χ0) is 21.8. The van der Waals surface area contributed by atoms with E-state index in [2.05, 4.69) is 102 Å². The Balaban J connectivity index is 1.79. The van der Waals surface area contributed by atoms with E-state index in [4.69, 9.17) is 0 Å². The minimum absolute atomic E-state index is 0.665. The monoisotopic (exact) mass is 410 g/mol. The van der Waals surface area contributed by atoms with Gasteiger partial charge in [0, 0.05) is 12.0 Å². The molecule has 2 nitrogen and oxygen atoms in total. The highest BCUT2D eigenvalue weighted by atomic mass is 14.7. The lowest BCUT2D eigenvalue weighted by Gasteiger charge is -2.10. The quantitative estimate of drug-likeness (QED) is 0.320. The van der Waals surface area contributed by atoms with Gasteiger partial charge in [-0.15, -0.1) is 0 Å². The minimum atomic E-state index is 0.665. The van der Waals surface area contributed by atoms with Gasteiger partial charge in [-0.2, -0.15) is 5.26 Å². The Labute approximate surface area is 188 Å². The van der Waals surface area contributed by atoms with Crippen LogP contribution in [0.5, 0.6) is 0 Å². The van der Waals surface area contributed by atoms with Gasteiger partial charge in [0.05, 0.1) is 23.0 Å². The average molecular weight is 411 g/mol. The summed E-state index contributed by atoms with van der Waals surface area (Å²) in [5, 5.41) is 9.28. The molecule has 0 spiro atoms. The van der Waals surface area contributed by atoms with Gasteiger partial charge in [-0.05, 0) is 39.9 Å². The molecule has 0 amide bonds. The maximum Gasteiger partial charge on any atom is 0.0991 e. The summed E-state index contributed by atoms with van der Waals surface area (Å²) in [7, 11) is 0. The Morgan fingerprint density at radius 3 is 1.66 bits per heavy atom. The minimum Gasteiger partial charge on any atom is -0.354 e. The molecule has 0 atom stereocenters. The number of H-pyrrole nitrogens is 1. The normalized spacial score (nSPS) is 10.6. The van der Waals surface area contributed by atoms with Crippen molar-refractivity contribution in [2.75, 3.05) is 0 Å². The van der Waals surface area contributed by atoms with Crippen LogP contribution in [0.2, 0.25) is 0 Å². The average Bonchev–Trinajstić information content (AvgIpc) is 3.25. The van der Waals surface area contributed by atoms with Crippen LogP contribution >= 0.6 is 0 Å². The van der Waals surface area contributed by atoms with Gasteiger partial charge in [0.1, 0.15) is 0 Å². The van der Waals surface area contributed by atoms with Crippen LogP contribution in [0.3, 0.4) is 0 Å². The molecule has 0 unspecified atom stereocenters. The summed E-state index contributed by atoms with van der Waals surface area (Å²) in [6, 6.07) is 41.6. The maximum atomic E-state index is 9.28. The Morgan fingerprint density at radius 1 is 0.562 bits per heavy atom. The topological polar surface area (TPSA) is 39.6 Å². The van der Waals surface area contributed by atoms with E-state index in [1.165, 1.54) is 16.7 Å². The van der Waals surface area contributed by atoms with Crippen molar-refractivity contribution in [3.63, 3.8) is 0 Å². The Bertz CT molecular complexity index is 1360. The molecule has 4 aromatic carbocycles. The summed E-state index contributed by atoms with van der Waals surface area (Å²) in [5.74, 6) is 0. The van der Waals surface area contributed by atoms with Gasteiger partial charge >= 0.3 is 0 Å². The van der Waals surface area contributed by atoms with Crippen LogP contribution in [0.25, 0.3) is 33.6 Å². The summed E-state index contributed by atoms with van der Waals surface area (Å²) in [6.07, 6.45) is 0.809. The molecule has 0 aliphatic carbocycles. The molecule has 2 heteroatoms. The second kappa shape index (κ2) is 8.79. The molecule has 0 bridgehead atoms. The summed E-state index contributed by atoms with van der Waals surface area (Å²) < 4.78 is 0. The second-order valence-corrected chi connectivity index (χ2v) is 7.81. The van der Waals surface area contributed by atoms with Crippen LogP contribution in [0.15, 0.2) is 115 Å². The van der Waals surface area contributed by atoms with Gasteiger partial charge < -0.3 is 4.98 Å². The molecule has 1 heterocycles. The molecular formula is C30H22N2. The van der Waals surface area contributed by atoms with Crippen LogP contribution in [-0.2, 0) is 6.42 Å². The first-order valence-electron chi connectivity index (χ1n) is 10.7. The lowest BCUT2D eigenvalue weighted by Crippen LogP contribution is -1.93. The lowest BCUT2D eigenvalue weighted by molar-refractivity contribution is 1.20. The van der Waals surface area contributed by atoms with Gasteiger partial charge in [0.25, 0.3) is 0 Å². The number of aromatic nitrogens is 1. The molecule has 5 rings (SSSR count).